The van der Waals surface area contributed by atoms with Crippen molar-refractivity contribution in [2.24, 2.45) is 0 Å². The maximum absolute atomic E-state index is 13.3. The Kier molecular flexibility index (Phi) is 6.99. The fourth-order valence-corrected chi connectivity index (χ4v) is 6.06. The predicted octanol–water partition coefficient (Wildman–Crippen LogP) is 3.79. The zero-order valence-corrected chi connectivity index (χ0v) is 20.7. The van der Waals surface area contributed by atoms with E-state index in [1.807, 2.05) is 29.2 Å². The molecule has 0 aliphatic carbocycles. The highest BCUT2D eigenvalue weighted by Crippen LogP contribution is 2.39. The van der Waals surface area contributed by atoms with Crippen molar-refractivity contribution < 1.29 is 14.3 Å². The molecule has 1 amide bonds. The van der Waals surface area contributed by atoms with Crippen LogP contribution < -0.4 is 9.47 Å². The first-order valence-electron chi connectivity index (χ1n) is 11.9. The van der Waals surface area contributed by atoms with E-state index < -0.39 is 0 Å². The van der Waals surface area contributed by atoms with E-state index in [0.717, 1.165) is 79.7 Å². The Balaban J connectivity index is 1.17. The van der Waals surface area contributed by atoms with Gasteiger partial charge in [-0.25, -0.2) is 4.98 Å². The van der Waals surface area contributed by atoms with Gasteiger partial charge in [0.05, 0.1) is 43.6 Å². The van der Waals surface area contributed by atoms with Crippen molar-refractivity contribution in [1.82, 2.24) is 19.7 Å². The van der Waals surface area contributed by atoms with Gasteiger partial charge < -0.3 is 14.4 Å². The number of likely N-dealkylation sites (tertiary alicyclic amines) is 1. The van der Waals surface area contributed by atoms with Gasteiger partial charge in [0.1, 0.15) is 16.5 Å². The average molecular weight is 481 g/mol. The highest BCUT2D eigenvalue weighted by molar-refractivity contribution is 7.18. The number of ether oxygens (including phenoxy) is 2. The van der Waals surface area contributed by atoms with Crippen LogP contribution in [0.25, 0.3) is 10.2 Å². The Morgan fingerprint density at radius 3 is 2.59 bits per heavy atom. The Bertz CT molecular complexity index is 1110. The van der Waals surface area contributed by atoms with Crippen molar-refractivity contribution >= 4 is 27.5 Å². The molecule has 0 radical (unpaired) electrons. The number of rotatable bonds is 7. The zero-order chi connectivity index (χ0) is 23.5. The molecule has 0 N–H and O–H groups in total. The number of aromatic nitrogens is 1. The first-order chi connectivity index (χ1) is 16.6. The van der Waals surface area contributed by atoms with E-state index in [2.05, 4.69) is 28.0 Å². The van der Waals surface area contributed by atoms with E-state index in [9.17, 15) is 4.79 Å². The minimum atomic E-state index is 0.0397. The van der Waals surface area contributed by atoms with Crippen LogP contribution in [0, 0.1) is 0 Å². The van der Waals surface area contributed by atoms with Crippen molar-refractivity contribution in [3.8, 4) is 11.5 Å². The molecule has 1 aromatic heterocycles. The topological polar surface area (TPSA) is 58.1 Å². The van der Waals surface area contributed by atoms with Gasteiger partial charge in [0.15, 0.2) is 0 Å². The smallest absolute Gasteiger partial charge is 0.237 e. The van der Waals surface area contributed by atoms with Crippen LogP contribution in [0.1, 0.15) is 29.5 Å². The van der Waals surface area contributed by atoms with Gasteiger partial charge in [-0.2, -0.15) is 0 Å². The first kappa shape index (κ1) is 23.1. The van der Waals surface area contributed by atoms with Crippen molar-refractivity contribution in [2.45, 2.75) is 25.4 Å². The Hall–Kier alpha value is -2.68. The van der Waals surface area contributed by atoms with E-state index in [4.69, 9.17) is 14.5 Å². The monoisotopic (exact) mass is 480 g/mol. The molecule has 3 heterocycles. The predicted molar refractivity (Wildman–Crippen MR) is 135 cm³/mol. The van der Waals surface area contributed by atoms with Gasteiger partial charge in [-0.3, -0.25) is 14.6 Å². The average Bonchev–Trinajstić information content (AvgIpc) is 3.51. The number of amides is 1. The van der Waals surface area contributed by atoms with Gasteiger partial charge in [0, 0.05) is 38.3 Å². The van der Waals surface area contributed by atoms with E-state index in [1.54, 1.807) is 25.6 Å². The minimum Gasteiger partial charge on any atom is -0.497 e. The largest absolute Gasteiger partial charge is 0.497 e. The van der Waals surface area contributed by atoms with Crippen LogP contribution in [0.2, 0.25) is 0 Å². The molecule has 2 aliphatic rings. The molecule has 0 bridgehead atoms. The van der Waals surface area contributed by atoms with Gasteiger partial charge in [0.25, 0.3) is 0 Å². The van der Waals surface area contributed by atoms with Gasteiger partial charge >= 0.3 is 0 Å². The molecular weight excluding hydrogens is 448 g/mol. The summed E-state index contributed by atoms with van der Waals surface area (Å²) in [6, 6.07) is 14.2. The summed E-state index contributed by atoms with van der Waals surface area (Å²) < 4.78 is 12.3. The summed E-state index contributed by atoms with van der Waals surface area (Å²) in [4.78, 5) is 24.8. The highest BCUT2D eigenvalue weighted by atomic mass is 32.1. The lowest BCUT2D eigenvalue weighted by Gasteiger charge is -2.35. The number of hydrogen-bond acceptors (Lipinski definition) is 7. The molecular formula is C26H32N4O3S. The summed E-state index contributed by atoms with van der Waals surface area (Å²) in [7, 11) is 3.35. The van der Waals surface area contributed by atoms with Crippen LogP contribution in [0.4, 0.5) is 0 Å². The molecule has 180 valence electrons. The fourth-order valence-electron chi connectivity index (χ4n) is 5.05. The van der Waals surface area contributed by atoms with Gasteiger partial charge in [-0.15, -0.1) is 11.3 Å². The highest BCUT2D eigenvalue weighted by Gasteiger charge is 2.33. The molecule has 2 fully saturated rings. The Labute approximate surface area is 204 Å². The molecule has 2 saturated heterocycles. The maximum atomic E-state index is 13.3. The van der Waals surface area contributed by atoms with Crippen LogP contribution in [-0.4, -0.2) is 79.1 Å². The van der Waals surface area contributed by atoms with Crippen molar-refractivity contribution in [1.29, 1.82) is 0 Å². The van der Waals surface area contributed by atoms with Crippen LogP contribution >= 0.6 is 11.3 Å². The second kappa shape index (κ2) is 10.3. The summed E-state index contributed by atoms with van der Waals surface area (Å²) in [6.07, 6.45) is 1.96. The van der Waals surface area contributed by atoms with Gasteiger partial charge in [-0.05, 0) is 43.2 Å². The van der Waals surface area contributed by atoms with Crippen molar-refractivity contribution in [3.63, 3.8) is 0 Å². The standard InChI is InChI=1S/C26H32N4O3S/c1-32-19-9-10-23(33-2)20(16-19)22-7-5-11-30(22)26(31)18-29-14-12-28(13-15-29)17-25-27-21-6-3-4-8-24(21)34-25/h3-4,6,8-10,16,22H,5,7,11-15,17-18H2,1-2H3. The number of carbonyl (C=O) groups is 1. The second-order valence-corrected chi connectivity index (χ2v) is 10.1. The molecule has 34 heavy (non-hydrogen) atoms. The third-order valence-electron chi connectivity index (χ3n) is 6.89. The number of methoxy groups -OCH3 is 2. The summed E-state index contributed by atoms with van der Waals surface area (Å²) in [5.41, 5.74) is 2.12. The number of hydrogen-bond donors (Lipinski definition) is 0. The number of para-hydroxylation sites is 1. The molecule has 0 spiro atoms. The molecule has 1 unspecified atom stereocenters. The van der Waals surface area contributed by atoms with Crippen LogP contribution in [0.5, 0.6) is 11.5 Å². The number of carbonyl (C=O) groups excluding carboxylic acids is 1. The Morgan fingerprint density at radius 1 is 1.03 bits per heavy atom. The summed E-state index contributed by atoms with van der Waals surface area (Å²) in [5, 5.41) is 1.16. The fraction of sp³-hybridized carbons (Fsp3) is 0.462. The van der Waals surface area contributed by atoms with Gasteiger partial charge in [-0.1, -0.05) is 12.1 Å². The zero-order valence-electron chi connectivity index (χ0n) is 19.9. The molecule has 0 saturated carbocycles. The number of piperazine rings is 1. The summed E-state index contributed by atoms with van der Waals surface area (Å²) >= 11 is 1.78. The molecule has 7 nitrogen and oxygen atoms in total. The van der Waals surface area contributed by atoms with Crippen LogP contribution in [0.3, 0.4) is 0 Å². The molecule has 2 aliphatic heterocycles. The van der Waals surface area contributed by atoms with E-state index in [1.165, 1.54) is 4.70 Å². The Morgan fingerprint density at radius 2 is 1.82 bits per heavy atom. The van der Waals surface area contributed by atoms with E-state index in [0.29, 0.717) is 6.54 Å². The van der Waals surface area contributed by atoms with Crippen LogP contribution in [-0.2, 0) is 11.3 Å². The molecule has 2 aromatic carbocycles. The number of benzene rings is 2. The SMILES string of the molecule is COc1ccc(OC)c(C2CCCN2C(=O)CN2CCN(Cc3nc4ccccc4s3)CC2)c1. The number of nitrogens with zero attached hydrogens (tertiary/aromatic N) is 4. The van der Waals surface area contributed by atoms with Crippen molar-refractivity contribution in [3.05, 3.63) is 53.0 Å². The normalized spacial score (nSPS) is 19.6. The van der Waals surface area contributed by atoms with Crippen LogP contribution in [0.15, 0.2) is 42.5 Å². The third kappa shape index (κ3) is 4.89. The quantitative estimate of drug-likeness (QED) is 0.513. The maximum Gasteiger partial charge on any atom is 0.237 e. The minimum absolute atomic E-state index is 0.0397. The van der Waals surface area contributed by atoms with Crippen molar-refractivity contribution in [2.75, 3.05) is 53.5 Å². The lowest BCUT2D eigenvalue weighted by molar-refractivity contribution is -0.133. The molecule has 1 atom stereocenters. The van der Waals surface area contributed by atoms with E-state index >= 15 is 0 Å². The molecule has 8 heteroatoms. The third-order valence-corrected chi connectivity index (χ3v) is 7.91. The lowest BCUT2D eigenvalue weighted by atomic mass is 10.0. The summed E-state index contributed by atoms with van der Waals surface area (Å²) in [5.74, 6) is 1.81. The first-order valence-corrected chi connectivity index (χ1v) is 12.8. The molecule has 3 aromatic rings. The molecule has 5 rings (SSSR count). The number of fused-ring (bicyclic) bond motifs is 1. The lowest BCUT2D eigenvalue weighted by Crippen LogP contribution is -2.49. The van der Waals surface area contributed by atoms with E-state index in [-0.39, 0.29) is 11.9 Å². The summed E-state index contributed by atoms with van der Waals surface area (Å²) in [6.45, 7) is 5.85. The number of thiazole rings is 1. The second-order valence-electron chi connectivity index (χ2n) is 8.98. The van der Waals surface area contributed by atoms with Gasteiger partial charge in [0.2, 0.25) is 5.91 Å².